The van der Waals surface area contributed by atoms with E-state index in [2.05, 4.69) is 15.3 Å². The number of nitrogens with two attached hydrogens (primary N) is 1. The van der Waals surface area contributed by atoms with Crippen LogP contribution in [-0.4, -0.2) is 27.4 Å². The molecule has 0 bridgehead atoms. The SMILES string of the molecule is Nc1ccc(-c2ccc3cccc(-c4cc5c([nH]4)CCNC5=O)c3n2)c(F)n1. The van der Waals surface area contributed by atoms with Gasteiger partial charge in [0.15, 0.2) is 0 Å². The zero-order valence-electron chi connectivity index (χ0n) is 14.8. The van der Waals surface area contributed by atoms with E-state index in [1.807, 2.05) is 30.3 Å². The lowest BCUT2D eigenvalue weighted by Crippen LogP contribution is -2.31. The highest BCUT2D eigenvalue weighted by Crippen LogP contribution is 2.31. The average Bonchev–Trinajstić information content (AvgIpc) is 3.13. The van der Waals surface area contributed by atoms with E-state index in [1.54, 1.807) is 18.2 Å². The van der Waals surface area contributed by atoms with Crippen LogP contribution in [0.25, 0.3) is 33.4 Å². The van der Waals surface area contributed by atoms with Gasteiger partial charge in [0.25, 0.3) is 5.91 Å². The molecule has 4 N–H and O–H groups in total. The summed E-state index contributed by atoms with van der Waals surface area (Å²) in [5.74, 6) is -0.609. The number of hydrogen-bond acceptors (Lipinski definition) is 4. The Morgan fingerprint density at radius 3 is 2.71 bits per heavy atom. The largest absolute Gasteiger partial charge is 0.384 e. The zero-order chi connectivity index (χ0) is 19.3. The van der Waals surface area contributed by atoms with E-state index in [0.717, 1.165) is 34.3 Å². The number of nitrogens with zero attached hydrogens (tertiary/aromatic N) is 2. The summed E-state index contributed by atoms with van der Waals surface area (Å²) in [5, 5.41) is 3.77. The predicted molar refractivity (Wildman–Crippen MR) is 105 cm³/mol. The fourth-order valence-electron chi connectivity index (χ4n) is 3.59. The molecule has 1 amide bonds. The second-order valence-corrected chi connectivity index (χ2v) is 6.73. The van der Waals surface area contributed by atoms with Crippen LogP contribution in [0.1, 0.15) is 16.1 Å². The van der Waals surface area contributed by atoms with Crippen LogP contribution in [0, 0.1) is 5.95 Å². The standard InChI is InChI=1S/C21H16FN5O/c22-20-13(5-7-18(23)27-20)15-6-4-11-2-1-3-12(19(11)26-15)17-10-14-16(25-17)8-9-24-21(14)28/h1-7,10,25H,8-9H2,(H2,23,27)(H,24,28). The first kappa shape index (κ1) is 16.4. The van der Waals surface area contributed by atoms with E-state index < -0.39 is 5.95 Å². The van der Waals surface area contributed by atoms with Crippen LogP contribution in [0.5, 0.6) is 0 Å². The van der Waals surface area contributed by atoms with Gasteiger partial charge in [-0.1, -0.05) is 24.3 Å². The minimum Gasteiger partial charge on any atom is -0.384 e. The Bertz CT molecular complexity index is 1250. The van der Waals surface area contributed by atoms with Gasteiger partial charge in [0.1, 0.15) is 5.82 Å². The second kappa shape index (κ2) is 6.16. The Labute approximate surface area is 159 Å². The van der Waals surface area contributed by atoms with Crippen molar-refractivity contribution in [2.45, 2.75) is 6.42 Å². The first-order chi connectivity index (χ1) is 13.6. The number of H-pyrrole nitrogens is 1. The molecule has 28 heavy (non-hydrogen) atoms. The molecule has 0 unspecified atom stereocenters. The smallest absolute Gasteiger partial charge is 0.253 e. The maximum absolute atomic E-state index is 14.3. The number of anilines is 1. The van der Waals surface area contributed by atoms with E-state index in [-0.39, 0.29) is 17.3 Å². The highest BCUT2D eigenvalue weighted by Gasteiger charge is 2.21. The second-order valence-electron chi connectivity index (χ2n) is 6.73. The van der Waals surface area contributed by atoms with Gasteiger partial charge in [0.05, 0.1) is 22.3 Å². The monoisotopic (exact) mass is 373 g/mol. The Balaban J connectivity index is 1.69. The van der Waals surface area contributed by atoms with Crippen molar-refractivity contribution in [2.24, 2.45) is 0 Å². The van der Waals surface area contributed by atoms with Crippen molar-refractivity contribution >= 4 is 22.6 Å². The number of aromatic amines is 1. The van der Waals surface area contributed by atoms with Gasteiger partial charge in [-0.25, -0.2) is 9.97 Å². The summed E-state index contributed by atoms with van der Waals surface area (Å²) in [5.41, 5.74) is 10.3. The average molecular weight is 373 g/mol. The number of nitrogen functional groups attached to an aromatic ring is 1. The molecule has 0 fully saturated rings. The molecule has 0 saturated heterocycles. The lowest BCUT2D eigenvalue weighted by Gasteiger charge is -2.11. The maximum Gasteiger partial charge on any atom is 0.253 e. The third-order valence-electron chi connectivity index (χ3n) is 4.96. The molecule has 0 atom stereocenters. The molecule has 1 aliphatic heterocycles. The minimum atomic E-state index is -0.656. The number of pyridine rings is 2. The molecule has 3 aromatic heterocycles. The summed E-state index contributed by atoms with van der Waals surface area (Å²) in [4.78, 5) is 23.8. The fraction of sp³-hybridized carbons (Fsp3) is 0.0952. The highest BCUT2D eigenvalue weighted by molar-refractivity contribution is 6.00. The zero-order valence-corrected chi connectivity index (χ0v) is 14.8. The van der Waals surface area contributed by atoms with Crippen LogP contribution in [0.15, 0.2) is 48.5 Å². The van der Waals surface area contributed by atoms with Crippen LogP contribution in [0.4, 0.5) is 10.2 Å². The van der Waals surface area contributed by atoms with Crippen LogP contribution < -0.4 is 11.1 Å². The van der Waals surface area contributed by atoms with Crippen LogP contribution >= 0.6 is 0 Å². The number of amides is 1. The number of nitrogens with one attached hydrogen (secondary N) is 2. The van der Waals surface area contributed by atoms with Crippen molar-refractivity contribution in [2.75, 3.05) is 12.3 Å². The third kappa shape index (κ3) is 2.60. The third-order valence-corrected chi connectivity index (χ3v) is 4.96. The van der Waals surface area contributed by atoms with Crippen molar-refractivity contribution in [3.63, 3.8) is 0 Å². The highest BCUT2D eigenvalue weighted by atomic mass is 19.1. The van der Waals surface area contributed by atoms with Crippen molar-refractivity contribution in [1.82, 2.24) is 20.3 Å². The van der Waals surface area contributed by atoms with Gasteiger partial charge in [-0.15, -0.1) is 0 Å². The molecule has 7 heteroatoms. The normalized spacial score (nSPS) is 13.4. The molecular formula is C21H16FN5O. The van der Waals surface area contributed by atoms with Gasteiger partial charge in [0, 0.05) is 35.3 Å². The lowest BCUT2D eigenvalue weighted by atomic mass is 10.0. The number of benzene rings is 1. The Morgan fingerprint density at radius 2 is 1.89 bits per heavy atom. The van der Waals surface area contributed by atoms with Gasteiger partial charge in [0.2, 0.25) is 5.95 Å². The maximum atomic E-state index is 14.3. The van der Waals surface area contributed by atoms with Gasteiger partial charge in [-0.3, -0.25) is 4.79 Å². The first-order valence-electron chi connectivity index (χ1n) is 8.93. The Hall–Kier alpha value is -3.74. The number of carbonyl (C=O) groups excluding carboxylic acids is 1. The van der Waals surface area contributed by atoms with Crippen LogP contribution in [-0.2, 0) is 6.42 Å². The molecule has 0 radical (unpaired) electrons. The van der Waals surface area contributed by atoms with E-state index in [4.69, 9.17) is 10.7 Å². The van der Waals surface area contributed by atoms with Crippen LogP contribution in [0.2, 0.25) is 0 Å². The fourth-order valence-corrected chi connectivity index (χ4v) is 3.59. The Morgan fingerprint density at radius 1 is 1.00 bits per heavy atom. The van der Waals surface area contributed by atoms with Crippen LogP contribution in [0.3, 0.4) is 0 Å². The summed E-state index contributed by atoms with van der Waals surface area (Å²) in [6.45, 7) is 0.618. The van der Waals surface area contributed by atoms with Gasteiger partial charge < -0.3 is 16.0 Å². The van der Waals surface area contributed by atoms with Gasteiger partial charge in [-0.05, 0) is 24.3 Å². The van der Waals surface area contributed by atoms with E-state index >= 15 is 0 Å². The summed E-state index contributed by atoms with van der Waals surface area (Å²) in [7, 11) is 0. The van der Waals surface area contributed by atoms with E-state index in [1.165, 1.54) is 0 Å². The molecule has 0 saturated carbocycles. The number of halogens is 1. The van der Waals surface area contributed by atoms with Crippen molar-refractivity contribution in [3.8, 4) is 22.5 Å². The molecule has 4 aromatic rings. The first-order valence-corrected chi connectivity index (χ1v) is 8.93. The topological polar surface area (TPSA) is 96.7 Å². The molecule has 5 rings (SSSR count). The molecule has 0 aliphatic carbocycles. The van der Waals surface area contributed by atoms with Crippen molar-refractivity contribution in [3.05, 3.63) is 65.7 Å². The summed E-state index contributed by atoms with van der Waals surface area (Å²) < 4.78 is 14.3. The van der Waals surface area contributed by atoms with Gasteiger partial charge in [-0.2, -0.15) is 4.39 Å². The molecule has 1 aromatic carbocycles. The minimum absolute atomic E-state index is 0.0762. The van der Waals surface area contributed by atoms with Crippen molar-refractivity contribution in [1.29, 1.82) is 0 Å². The number of carbonyl (C=O) groups is 1. The molecule has 1 aliphatic rings. The van der Waals surface area contributed by atoms with E-state index in [9.17, 15) is 9.18 Å². The quantitative estimate of drug-likeness (QED) is 0.470. The molecular weight excluding hydrogens is 357 g/mol. The summed E-state index contributed by atoms with van der Waals surface area (Å²) >= 11 is 0. The lowest BCUT2D eigenvalue weighted by molar-refractivity contribution is 0.0946. The van der Waals surface area contributed by atoms with Crippen molar-refractivity contribution < 1.29 is 9.18 Å². The Kier molecular flexibility index (Phi) is 3.61. The number of aromatic nitrogens is 3. The number of rotatable bonds is 2. The predicted octanol–water partition coefficient (Wildman–Crippen LogP) is 3.30. The molecule has 138 valence electrons. The molecule has 6 nitrogen and oxygen atoms in total. The summed E-state index contributed by atoms with van der Waals surface area (Å²) in [6, 6.07) is 14.4. The number of fused-ring (bicyclic) bond motifs is 2. The van der Waals surface area contributed by atoms with E-state index in [0.29, 0.717) is 17.8 Å². The number of para-hydroxylation sites is 1. The number of hydrogen-bond donors (Lipinski definition) is 3. The molecule has 4 heterocycles. The molecule has 0 spiro atoms. The summed E-state index contributed by atoms with van der Waals surface area (Å²) in [6.07, 6.45) is 0.757. The van der Waals surface area contributed by atoms with Gasteiger partial charge >= 0.3 is 0 Å².